The van der Waals surface area contributed by atoms with E-state index in [0.29, 0.717) is 16.5 Å². The molecule has 21 nitrogen and oxygen atoms in total. The molecule has 0 unspecified atom stereocenters. The van der Waals surface area contributed by atoms with E-state index >= 15 is 0 Å². The quantitative estimate of drug-likeness (QED) is 0.0291. The first-order valence-electron chi connectivity index (χ1n) is 16.6. The monoisotopic (exact) mass is 986 g/mol. The molecule has 29 heteroatoms. The molecular formula is C35H26N8Na4O13S4. The molecule has 6 aromatic carbocycles. The molecule has 6 aromatic rings. The maximum absolute atomic E-state index is 12.9. The zero-order valence-electron chi connectivity index (χ0n) is 34.5. The molecule has 6 rings (SSSR count). The van der Waals surface area contributed by atoms with E-state index in [1.807, 2.05) is 0 Å². The number of azo groups is 2. The zero-order valence-corrected chi connectivity index (χ0v) is 45.7. The summed E-state index contributed by atoms with van der Waals surface area (Å²) >= 11 is 0. The molecule has 0 saturated carbocycles. The van der Waals surface area contributed by atoms with Gasteiger partial charge >= 0.3 is 118 Å². The Morgan fingerprint density at radius 2 is 0.969 bits per heavy atom. The molecule has 0 heterocycles. The number of amidine groups is 1. The van der Waals surface area contributed by atoms with Gasteiger partial charge in [0.15, 0.2) is 0 Å². The topological polar surface area (TPSA) is 347 Å². The van der Waals surface area contributed by atoms with Crippen molar-refractivity contribution in [1.82, 2.24) is 0 Å². The molecule has 0 bridgehead atoms. The first-order valence-corrected chi connectivity index (χ1v) is 22.2. The summed E-state index contributed by atoms with van der Waals surface area (Å²) in [6, 6.07) is 18.0. The van der Waals surface area contributed by atoms with Crippen molar-refractivity contribution in [1.29, 1.82) is 0 Å². The minimum absolute atomic E-state index is 0. The molecule has 0 saturated heterocycles. The van der Waals surface area contributed by atoms with Gasteiger partial charge in [-0.2, -0.15) is 8.42 Å². The SMILES string of the molecule is CNc1ccc2ccc(S(=O)(=O)[O-])cc2c1N=Nc1ccc(N=C([O-])Nc2ccc(N=Nc3c(NC)ccc4ccc(S(=O)(=O)[O-])cc34)c(S(=O)(=O)O)c2)cc1S(=O)(=O)[O-].[Na+].[Na+].[Na+].[Na+]. The predicted octanol–water partition coefficient (Wildman–Crippen LogP) is -6.66. The van der Waals surface area contributed by atoms with Crippen LogP contribution >= 0.6 is 0 Å². The van der Waals surface area contributed by atoms with Crippen molar-refractivity contribution in [2.24, 2.45) is 25.4 Å². The summed E-state index contributed by atoms with van der Waals surface area (Å²) in [5.41, 5.74) is -0.982. The molecule has 0 amide bonds. The zero-order chi connectivity index (χ0) is 43.8. The molecule has 0 radical (unpaired) electrons. The number of anilines is 3. The maximum Gasteiger partial charge on any atom is 1.00 e. The van der Waals surface area contributed by atoms with Crippen molar-refractivity contribution >= 4 is 114 Å². The fourth-order valence-corrected chi connectivity index (χ4v) is 7.98. The van der Waals surface area contributed by atoms with Crippen molar-refractivity contribution in [3.63, 3.8) is 0 Å². The van der Waals surface area contributed by atoms with E-state index in [2.05, 4.69) is 41.4 Å². The number of rotatable bonds is 12. The Kier molecular flexibility index (Phi) is 20.8. The van der Waals surface area contributed by atoms with Gasteiger partial charge in [-0.1, -0.05) is 24.3 Å². The van der Waals surface area contributed by atoms with Gasteiger partial charge in [-0.15, -0.1) is 20.5 Å². The van der Waals surface area contributed by atoms with Crippen molar-refractivity contribution in [3.05, 3.63) is 97.1 Å². The number of hydrogen-bond donors (Lipinski definition) is 4. The number of hydrogen-bond acceptors (Lipinski definition) is 19. The number of benzene rings is 6. The van der Waals surface area contributed by atoms with Crippen LogP contribution in [-0.4, -0.2) is 72.0 Å². The van der Waals surface area contributed by atoms with Crippen molar-refractivity contribution in [2.45, 2.75) is 19.6 Å². The minimum Gasteiger partial charge on any atom is -0.846 e. The van der Waals surface area contributed by atoms with E-state index < -0.39 is 77.5 Å². The van der Waals surface area contributed by atoms with Crippen molar-refractivity contribution in [2.75, 3.05) is 30.0 Å². The molecule has 0 atom stereocenters. The average molecular weight is 987 g/mol. The summed E-state index contributed by atoms with van der Waals surface area (Å²) in [6.45, 7) is 0. The van der Waals surface area contributed by atoms with Gasteiger partial charge in [0.05, 0.1) is 37.8 Å². The van der Waals surface area contributed by atoms with Gasteiger partial charge < -0.3 is 34.7 Å². The minimum atomic E-state index is -5.31. The third-order valence-electron chi connectivity index (χ3n) is 8.49. The summed E-state index contributed by atoms with van der Waals surface area (Å²) in [5, 5.41) is 38.0. The van der Waals surface area contributed by atoms with Crippen LogP contribution in [0.5, 0.6) is 0 Å². The van der Waals surface area contributed by atoms with E-state index in [1.54, 1.807) is 24.3 Å². The normalized spacial score (nSPS) is 12.2. The third-order valence-corrected chi connectivity index (χ3v) is 11.9. The second-order valence-corrected chi connectivity index (χ2v) is 17.8. The van der Waals surface area contributed by atoms with Crippen LogP contribution < -0.4 is 139 Å². The van der Waals surface area contributed by atoms with Crippen molar-refractivity contribution < 1.29 is 175 Å². The molecule has 0 aromatic heterocycles. The van der Waals surface area contributed by atoms with Crippen LogP contribution in [0, 0.1) is 0 Å². The van der Waals surface area contributed by atoms with Crippen LogP contribution in [0.1, 0.15) is 0 Å². The van der Waals surface area contributed by atoms with E-state index in [-0.39, 0.29) is 157 Å². The van der Waals surface area contributed by atoms with E-state index in [9.17, 15) is 57.0 Å². The molecular weight excluding hydrogens is 961 g/mol. The van der Waals surface area contributed by atoms with Crippen LogP contribution in [0.25, 0.3) is 21.5 Å². The Balaban J connectivity index is 0.00000352. The standard InChI is InChI=1S/C35H30N8O13S4.4Na/c1-36-29-11-5-19-3-9-23(57(45,46)47)17-25(19)33(29)42-40-27-13-7-21(15-31(27)59(51,52)53)38-35(44)39-22-8-14-28(32(16-22)60(54,55)56)41-43-34-26-18-24(58(48,49)50)10-4-20(26)6-12-30(34)37-2;;;;/h3-18,36-37H,1-2H3,(H2,38,39,44)(H,45,46,47)(H,48,49,50)(H,51,52,53)(H,54,55,56);;;;/q;4*+1/p-4. The summed E-state index contributed by atoms with van der Waals surface area (Å²) in [5.74, 6) is 0. The number of nitrogens with one attached hydrogen (secondary N) is 3. The second-order valence-electron chi connectivity index (χ2n) is 12.3. The third kappa shape index (κ3) is 13.8. The van der Waals surface area contributed by atoms with Crippen LogP contribution in [-0.2, 0) is 40.5 Å². The molecule has 4 N–H and O–H groups in total. The molecule has 64 heavy (non-hydrogen) atoms. The Morgan fingerprint density at radius 1 is 0.531 bits per heavy atom. The Morgan fingerprint density at radius 3 is 1.39 bits per heavy atom. The first kappa shape index (κ1) is 57.7. The van der Waals surface area contributed by atoms with Crippen molar-refractivity contribution in [3.8, 4) is 0 Å². The molecule has 0 fully saturated rings. The molecule has 0 aliphatic rings. The van der Waals surface area contributed by atoms with Gasteiger partial charge in [0.1, 0.15) is 58.0 Å². The Hall–Kier alpha value is -2.45. The molecule has 0 aliphatic heterocycles. The summed E-state index contributed by atoms with van der Waals surface area (Å²) in [4.78, 5) is 0.773. The largest absolute Gasteiger partial charge is 1.00 e. The first-order chi connectivity index (χ1) is 28.1. The Bertz CT molecular complexity index is 3310. The fourth-order valence-electron chi connectivity index (χ4n) is 5.71. The number of fused-ring (bicyclic) bond motifs is 2. The number of aliphatic imine (C=N–C) groups is 1. The number of nitrogens with zero attached hydrogens (tertiary/aromatic N) is 5. The van der Waals surface area contributed by atoms with Crippen LogP contribution in [0.2, 0.25) is 0 Å². The molecule has 0 spiro atoms. The van der Waals surface area contributed by atoms with Gasteiger partial charge in [-0.3, -0.25) is 4.55 Å². The summed E-state index contributed by atoms with van der Waals surface area (Å²) in [6.07, 6.45) is 0. The molecule has 312 valence electrons. The fraction of sp³-hybridized carbons (Fsp3) is 0.0571. The van der Waals surface area contributed by atoms with Crippen LogP contribution in [0.15, 0.2) is 142 Å². The second kappa shape index (κ2) is 23.0. The predicted molar refractivity (Wildman–Crippen MR) is 213 cm³/mol. The van der Waals surface area contributed by atoms with Gasteiger partial charge in [-0.25, -0.2) is 30.2 Å². The van der Waals surface area contributed by atoms with Crippen LogP contribution in [0.4, 0.5) is 45.5 Å². The van der Waals surface area contributed by atoms with Gasteiger partial charge in [0.25, 0.3) is 10.1 Å². The molecule has 0 aliphatic carbocycles. The van der Waals surface area contributed by atoms with Gasteiger partial charge in [-0.05, 0) is 83.6 Å². The van der Waals surface area contributed by atoms with E-state index in [1.165, 1.54) is 26.2 Å². The van der Waals surface area contributed by atoms with Gasteiger partial charge in [0.2, 0.25) is 0 Å². The maximum atomic E-state index is 12.9. The Labute approximate surface area is 454 Å². The average Bonchev–Trinajstić information content (AvgIpc) is 3.17. The van der Waals surface area contributed by atoms with Crippen LogP contribution in [0.3, 0.4) is 0 Å². The van der Waals surface area contributed by atoms with Gasteiger partial charge in [0, 0.05) is 30.6 Å². The van der Waals surface area contributed by atoms with E-state index in [0.717, 1.165) is 60.7 Å². The smallest absolute Gasteiger partial charge is 0.846 e. The summed E-state index contributed by atoms with van der Waals surface area (Å²) in [7, 11) is -17.1. The van der Waals surface area contributed by atoms with E-state index in [4.69, 9.17) is 0 Å². The summed E-state index contributed by atoms with van der Waals surface area (Å²) < 4.78 is 142.